The SMILES string of the molecule is C[C@@H](OC(=O)c1ccc(-c2nnco2)cc1)C(=O)NCc1ccc(F)cc1. The molecule has 3 aromatic rings. The van der Waals surface area contributed by atoms with Crippen LogP contribution in [0.3, 0.4) is 0 Å². The Balaban J connectivity index is 1.53. The summed E-state index contributed by atoms with van der Waals surface area (Å²) >= 11 is 0. The molecule has 1 amide bonds. The molecule has 1 heterocycles. The molecule has 1 atom stereocenters. The molecule has 3 rings (SSSR count). The number of carbonyl (C=O) groups excluding carboxylic acids is 2. The Morgan fingerprint density at radius 3 is 2.48 bits per heavy atom. The number of nitrogens with zero attached hydrogens (tertiary/aromatic N) is 2. The Hall–Kier alpha value is -3.55. The van der Waals surface area contributed by atoms with Crippen molar-refractivity contribution in [2.24, 2.45) is 0 Å². The first-order valence-electron chi connectivity index (χ1n) is 8.12. The van der Waals surface area contributed by atoms with Crippen molar-refractivity contribution in [3.05, 3.63) is 71.9 Å². The highest BCUT2D eigenvalue weighted by molar-refractivity contribution is 5.92. The lowest BCUT2D eigenvalue weighted by Crippen LogP contribution is -2.35. The number of hydrogen-bond acceptors (Lipinski definition) is 6. The quantitative estimate of drug-likeness (QED) is 0.672. The van der Waals surface area contributed by atoms with Gasteiger partial charge >= 0.3 is 5.97 Å². The van der Waals surface area contributed by atoms with Gasteiger partial charge in [-0.25, -0.2) is 9.18 Å². The van der Waals surface area contributed by atoms with Gasteiger partial charge in [0.05, 0.1) is 5.56 Å². The van der Waals surface area contributed by atoms with Crippen molar-refractivity contribution in [2.75, 3.05) is 0 Å². The van der Waals surface area contributed by atoms with Crippen LogP contribution < -0.4 is 5.32 Å². The van der Waals surface area contributed by atoms with Crippen LogP contribution >= 0.6 is 0 Å². The summed E-state index contributed by atoms with van der Waals surface area (Å²) in [6.07, 6.45) is 0.234. The number of nitrogens with one attached hydrogen (secondary N) is 1. The van der Waals surface area contributed by atoms with Gasteiger partial charge < -0.3 is 14.5 Å². The standard InChI is InChI=1S/C19H16FN3O4/c1-12(17(24)21-10-13-2-8-16(20)9-3-13)27-19(25)15-6-4-14(5-7-15)18-23-22-11-26-18/h2-9,11-12H,10H2,1H3,(H,21,24)/t12-/m1/s1. The van der Waals surface area contributed by atoms with Gasteiger partial charge in [-0.3, -0.25) is 4.79 Å². The molecule has 0 aliphatic heterocycles. The molecule has 0 aliphatic carbocycles. The van der Waals surface area contributed by atoms with Gasteiger partial charge in [0.2, 0.25) is 12.3 Å². The third kappa shape index (κ3) is 4.75. The summed E-state index contributed by atoms with van der Waals surface area (Å²) in [6.45, 7) is 1.69. The average Bonchev–Trinajstić information content (AvgIpc) is 3.22. The minimum Gasteiger partial charge on any atom is -0.449 e. The zero-order valence-electron chi connectivity index (χ0n) is 14.4. The summed E-state index contributed by atoms with van der Waals surface area (Å²) < 4.78 is 23.1. The van der Waals surface area contributed by atoms with E-state index < -0.39 is 18.0 Å². The lowest BCUT2D eigenvalue weighted by Gasteiger charge is -2.13. The smallest absolute Gasteiger partial charge is 0.338 e. The molecule has 0 unspecified atom stereocenters. The van der Waals surface area contributed by atoms with Crippen LogP contribution in [0.25, 0.3) is 11.5 Å². The maximum atomic E-state index is 12.9. The van der Waals surface area contributed by atoms with E-state index in [-0.39, 0.29) is 17.9 Å². The normalized spacial score (nSPS) is 11.6. The Morgan fingerprint density at radius 1 is 1.15 bits per heavy atom. The van der Waals surface area contributed by atoms with Crippen molar-refractivity contribution < 1.29 is 23.1 Å². The molecule has 0 aliphatic rings. The molecule has 8 heteroatoms. The van der Waals surface area contributed by atoms with Crippen LogP contribution in [0.1, 0.15) is 22.8 Å². The molecule has 1 aromatic heterocycles. The maximum Gasteiger partial charge on any atom is 0.338 e. The van der Waals surface area contributed by atoms with Gasteiger partial charge in [-0.1, -0.05) is 12.1 Å². The number of aromatic nitrogens is 2. The van der Waals surface area contributed by atoms with Crippen LogP contribution in [0, 0.1) is 5.82 Å². The first-order chi connectivity index (χ1) is 13.0. The number of carbonyl (C=O) groups is 2. The highest BCUT2D eigenvalue weighted by Gasteiger charge is 2.19. The Bertz CT molecular complexity index is 909. The summed E-state index contributed by atoms with van der Waals surface area (Å²) in [4.78, 5) is 24.2. The summed E-state index contributed by atoms with van der Waals surface area (Å²) in [6, 6.07) is 12.1. The highest BCUT2D eigenvalue weighted by Crippen LogP contribution is 2.17. The Morgan fingerprint density at radius 2 is 1.85 bits per heavy atom. The zero-order valence-corrected chi connectivity index (χ0v) is 14.4. The van der Waals surface area contributed by atoms with E-state index in [1.165, 1.54) is 25.5 Å². The number of esters is 1. The van der Waals surface area contributed by atoms with E-state index in [9.17, 15) is 14.0 Å². The number of hydrogen-bond donors (Lipinski definition) is 1. The third-order valence-corrected chi connectivity index (χ3v) is 3.76. The van der Waals surface area contributed by atoms with Gasteiger partial charge in [0.25, 0.3) is 5.91 Å². The zero-order chi connectivity index (χ0) is 19.2. The maximum absolute atomic E-state index is 12.9. The van der Waals surface area contributed by atoms with Crippen molar-refractivity contribution in [1.29, 1.82) is 0 Å². The first-order valence-corrected chi connectivity index (χ1v) is 8.12. The summed E-state index contributed by atoms with van der Waals surface area (Å²) in [5.74, 6) is -1.09. The van der Waals surface area contributed by atoms with E-state index in [2.05, 4.69) is 15.5 Å². The van der Waals surface area contributed by atoms with Gasteiger partial charge in [-0.15, -0.1) is 10.2 Å². The highest BCUT2D eigenvalue weighted by atomic mass is 19.1. The molecule has 0 saturated heterocycles. The van der Waals surface area contributed by atoms with Gasteiger partial charge in [0.1, 0.15) is 5.82 Å². The molecule has 2 aromatic carbocycles. The average molecular weight is 369 g/mol. The van der Waals surface area contributed by atoms with Gasteiger partial charge in [0, 0.05) is 12.1 Å². The summed E-state index contributed by atoms with van der Waals surface area (Å²) in [5, 5.41) is 10.00. The largest absolute Gasteiger partial charge is 0.449 e. The monoisotopic (exact) mass is 369 g/mol. The molecular weight excluding hydrogens is 353 g/mol. The Kier molecular flexibility index (Phi) is 5.55. The van der Waals surface area contributed by atoms with Gasteiger partial charge in [-0.2, -0.15) is 0 Å². The fourth-order valence-electron chi connectivity index (χ4n) is 2.27. The lowest BCUT2D eigenvalue weighted by atomic mass is 10.1. The van der Waals surface area contributed by atoms with Gasteiger partial charge in [0.15, 0.2) is 6.10 Å². The molecule has 0 radical (unpaired) electrons. The topological polar surface area (TPSA) is 94.3 Å². The summed E-state index contributed by atoms with van der Waals surface area (Å²) in [5.41, 5.74) is 1.69. The van der Waals surface area contributed by atoms with E-state index in [0.29, 0.717) is 11.5 Å². The second kappa shape index (κ2) is 8.22. The second-order valence-electron chi connectivity index (χ2n) is 5.71. The van der Waals surface area contributed by atoms with Crippen LogP contribution in [0.15, 0.2) is 59.3 Å². The van der Waals surface area contributed by atoms with Crippen LogP contribution in [0.5, 0.6) is 0 Å². The van der Waals surface area contributed by atoms with Crippen LogP contribution in [-0.4, -0.2) is 28.2 Å². The fraction of sp³-hybridized carbons (Fsp3) is 0.158. The van der Waals surface area contributed by atoms with E-state index in [0.717, 1.165) is 5.56 Å². The molecule has 0 fully saturated rings. The number of benzene rings is 2. The van der Waals surface area contributed by atoms with E-state index in [4.69, 9.17) is 9.15 Å². The minimum absolute atomic E-state index is 0.208. The Labute approximate surface area is 154 Å². The number of rotatable bonds is 6. The number of halogens is 1. The van der Waals surface area contributed by atoms with Crippen LogP contribution in [0.2, 0.25) is 0 Å². The molecule has 138 valence electrons. The van der Waals surface area contributed by atoms with Crippen molar-refractivity contribution in [2.45, 2.75) is 19.6 Å². The van der Waals surface area contributed by atoms with Crippen molar-refractivity contribution in [3.63, 3.8) is 0 Å². The number of amides is 1. The van der Waals surface area contributed by atoms with Crippen molar-refractivity contribution in [1.82, 2.24) is 15.5 Å². The van der Waals surface area contributed by atoms with E-state index >= 15 is 0 Å². The molecule has 1 N–H and O–H groups in total. The lowest BCUT2D eigenvalue weighted by molar-refractivity contribution is -0.129. The molecule has 0 spiro atoms. The van der Waals surface area contributed by atoms with E-state index in [1.807, 2.05) is 0 Å². The van der Waals surface area contributed by atoms with Gasteiger partial charge in [-0.05, 0) is 48.9 Å². The van der Waals surface area contributed by atoms with Crippen LogP contribution in [-0.2, 0) is 16.1 Å². The molecule has 0 bridgehead atoms. The summed E-state index contributed by atoms with van der Waals surface area (Å²) in [7, 11) is 0. The predicted molar refractivity (Wildman–Crippen MR) is 92.9 cm³/mol. The predicted octanol–water partition coefficient (Wildman–Crippen LogP) is 2.74. The van der Waals surface area contributed by atoms with Crippen molar-refractivity contribution in [3.8, 4) is 11.5 Å². The van der Waals surface area contributed by atoms with Crippen molar-refractivity contribution >= 4 is 11.9 Å². The third-order valence-electron chi connectivity index (χ3n) is 3.76. The fourth-order valence-corrected chi connectivity index (χ4v) is 2.27. The molecule has 27 heavy (non-hydrogen) atoms. The molecular formula is C19H16FN3O4. The first kappa shape index (κ1) is 18.2. The van der Waals surface area contributed by atoms with E-state index in [1.54, 1.807) is 36.4 Å². The second-order valence-corrected chi connectivity index (χ2v) is 5.71. The minimum atomic E-state index is -0.978. The van der Waals surface area contributed by atoms with Crippen LogP contribution in [0.4, 0.5) is 4.39 Å². The number of ether oxygens (including phenoxy) is 1. The molecule has 7 nitrogen and oxygen atoms in total. The molecule has 0 saturated carbocycles.